The van der Waals surface area contributed by atoms with Crippen molar-refractivity contribution in [2.24, 2.45) is 21.8 Å². The van der Waals surface area contributed by atoms with E-state index in [0.29, 0.717) is 31.7 Å². The van der Waals surface area contributed by atoms with Gasteiger partial charge in [0.05, 0.1) is 0 Å². The Morgan fingerprint density at radius 1 is 0.676 bits per heavy atom. The first-order valence-electron chi connectivity index (χ1n) is 13.8. The average molecular weight is 500 g/mol. The summed E-state index contributed by atoms with van der Waals surface area (Å²) in [5, 5.41) is 0. The Morgan fingerprint density at radius 2 is 1.06 bits per heavy atom. The van der Waals surface area contributed by atoms with E-state index >= 15 is 0 Å². The van der Waals surface area contributed by atoms with Crippen molar-refractivity contribution >= 4 is 20.2 Å². The van der Waals surface area contributed by atoms with Gasteiger partial charge >= 0.3 is 8.80 Å². The van der Waals surface area contributed by atoms with Crippen LogP contribution >= 0.6 is 0 Å². The normalized spacial score (nSPS) is 13.6. The summed E-state index contributed by atoms with van der Waals surface area (Å²) in [5.41, 5.74) is 2.55. The molecule has 0 radical (unpaired) electrons. The molecule has 7 heteroatoms. The highest BCUT2D eigenvalue weighted by Gasteiger charge is 2.39. The SMILES string of the molecule is CCO[Si](CCCN(CCCN=C(C)CC(C)C)CCCN=C(C)CC(C)C)(OCC)OCC. The third-order valence-corrected chi connectivity index (χ3v) is 8.64. The minimum atomic E-state index is -2.57. The second kappa shape index (κ2) is 20.6. The maximum atomic E-state index is 6.05. The summed E-state index contributed by atoms with van der Waals surface area (Å²) < 4.78 is 18.1. The Bertz CT molecular complexity index is 504. The second-order valence-corrected chi connectivity index (χ2v) is 12.8. The molecule has 0 N–H and O–H groups in total. The molecule has 34 heavy (non-hydrogen) atoms. The van der Waals surface area contributed by atoms with Crippen LogP contribution in [0.4, 0.5) is 0 Å². The molecule has 0 aromatic carbocycles. The van der Waals surface area contributed by atoms with Crippen molar-refractivity contribution in [2.75, 3.05) is 52.5 Å². The van der Waals surface area contributed by atoms with Crippen LogP contribution in [0.15, 0.2) is 9.98 Å². The smallest absolute Gasteiger partial charge is 0.374 e. The Hall–Kier alpha value is -0.603. The fourth-order valence-corrected chi connectivity index (χ4v) is 6.89. The molecule has 0 unspecified atom stereocenters. The third kappa shape index (κ3) is 17.8. The molecule has 0 aliphatic heterocycles. The molecule has 202 valence electrons. The largest absolute Gasteiger partial charge is 0.500 e. The Labute approximate surface area is 213 Å². The maximum Gasteiger partial charge on any atom is 0.500 e. The predicted molar refractivity (Wildman–Crippen MR) is 151 cm³/mol. The van der Waals surface area contributed by atoms with E-state index in [1.54, 1.807) is 0 Å². The fourth-order valence-electron chi connectivity index (χ4n) is 4.30. The van der Waals surface area contributed by atoms with Crippen LogP contribution in [-0.2, 0) is 13.3 Å². The van der Waals surface area contributed by atoms with Gasteiger partial charge in [-0.05, 0) is 98.2 Å². The summed E-state index contributed by atoms with van der Waals surface area (Å²) in [4.78, 5) is 12.2. The minimum Gasteiger partial charge on any atom is -0.374 e. The summed E-state index contributed by atoms with van der Waals surface area (Å²) in [7, 11) is -2.57. The predicted octanol–water partition coefficient (Wildman–Crippen LogP) is 6.52. The molecule has 0 aliphatic rings. The fraction of sp³-hybridized carbons (Fsp3) is 0.926. The molecule has 0 saturated carbocycles. The first-order chi connectivity index (χ1) is 16.2. The van der Waals surface area contributed by atoms with Gasteiger partial charge in [-0.2, -0.15) is 0 Å². The van der Waals surface area contributed by atoms with E-state index in [1.807, 2.05) is 20.8 Å². The summed E-state index contributed by atoms with van der Waals surface area (Å²) in [6, 6.07) is 0.871. The summed E-state index contributed by atoms with van der Waals surface area (Å²) in [5.74, 6) is 1.34. The van der Waals surface area contributed by atoms with Crippen LogP contribution in [0, 0.1) is 11.8 Å². The maximum absolute atomic E-state index is 6.05. The van der Waals surface area contributed by atoms with E-state index in [0.717, 1.165) is 70.9 Å². The van der Waals surface area contributed by atoms with Gasteiger partial charge in [0, 0.05) is 50.4 Å². The molecular formula is C27H57N3O3Si. The highest BCUT2D eigenvalue weighted by atomic mass is 28.4. The van der Waals surface area contributed by atoms with E-state index in [1.165, 1.54) is 11.4 Å². The van der Waals surface area contributed by atoms with E-state index in [-0.39, 0.29) is 0 Å². The third-order valence-electron chi connectivity index (χ3n) is 5.49. The van der Waals surface area contributed by atoms with Gasteiger partial charge in [-0.3, -0.25) is 9.98 Å². The lowest BCUT2D eigenvalue weighted by Crippen LogP contribution is -2.46. The van der Waals surface area contributed by atoms with Crippen LogP contribution in [0.3, 0.4) is 0 Å². The monoisotopic (exact) mass is 499 g/mol. The number of rotatable bonds is 22. The first kappa shape index (κ1) is 33.4. The Kier molecular flexibility index (Phi) is 20.2. The Balaban J connectivity index is 4.86. The van der Waals surface area contributed by atoms with E-state index in [2.05, 4.69) is 46.4 Å². The minimum absolute atomic E-state index is 0.636. The summed E-state index contributed by atoms with van der Waals surface area (Å²) in [6.07, 6.45) is 5.40. The molecule has 0 bridgehead atoms. The molecule has 0 aromatic heterocycles. The van der Waals surface area contributed by atoms with Crippen molar-refractivity contribution in [3.8, 4) is 0 Å². The van der Waals surface area contributed by atoms with Crippen molar-refractivity contribution in [1.29, 1.82) is 0 Å². The zero-order valence-electron chi connectivity index (χ0n) is 24.1. The highest BCUT2D eigenvalue weighted by molar-refractivity contribution is 6.60. The molecule has 0 aromatic rings. The van der Waals surface area contributed by atoms with Crippen LogP contribution in [0.1, 0.15) is 94.4 Å². The topological polar surface area (TPSA) is 55.7 Å². The van der Waals surface area contributed by atoms with Gasteiger partial charge in [-0.1, -0.05) is 27.7 Å². The standard InChI is InChI=1S/C27H57N3O3Si/c1-10-31-34(32-11-2,33-12-3)21-15-20-30(18-13-16-28-26(8)22-24(4)5)19-14-17-29-27(9)23-25(6)7/h24-25H,10-23H2,1-9H3. The highest BCUT2D eigenvalue weighted by Crippen LogP contribution is 2.19. The van der Waals surface area contributed by atoms with E-state index < -0.39 is 8.80 Å². The van der Waals surface area contributed by atoms with Crippen LogP contribution in [0.25, 0.3) is 0 Å². The Morgan fingerprint density at radius 3 is 1.41 bits per heavy atom. The molecule has 0 fully saturated rings. The lowest BCUT2D eigenvalue weighted by atomic mass is 10.1. The van der Waals surface area contributed by atoms with Crippen molar-refractivity contribution in [3.63, 3.8) is 0 Å². The lowest BCUT2D eigenvalue weighted by Gasteiger charge is -2.29. The molecule has 0 atom stereocenters. The second-order valence-electron chi connectivity index (χ2n) is 10.1. The van der Waals surface area contributed by atoms with Crippen LogP contribution < -0.4 is 0 Å². The van der Waals surface area contributed by atoms with Crippen molar-refractivity contribution in [1.82, 2.24) is 4.90 Å². The molecule has 0 spiro atoms. The molecule has 6 nitrogen and oxygen atoms in total. The molecule has 0 amide bonds. The van der Waals surface area contributed by atoms with Crippen LogP contribution in [0.5, 0.6) is 0 Å². The quantitative estimate of drug-likeness (QED) is 0.0966. The number of hydrogen-bond acceptors (Lipinski definition) is 6. The van der Waals surface area contributed by atoms with Crippen molar-refractivity contribution in [3.05, 3.63) is 0 Å². The number of hydrogen-bond donors (Lipinski definition) is 0. The van der Waals surface area contributed by atoms with Gasteiger partial charge < -0.3 is 18.2 Å². The van der Waals surface area contributed by atoms with Gasteiger partial charge in [-0.25, -0.2) is 0 Å². The van der Waals surface area contributed by atoms with Gasteiger partial charge in [0.2, 0.25) is 0 Å². The van der Waals surface area contributed by atoms with Gasteiger partial charge in [-0.15, -0.1) is 0 Å². The summed E-state index contributed by atoms with van der Waals surface area (Å²) in [6.45, 7) is 26.3. The first-order valence-corrected chi connectivity index (χ1v) is 15.7. The number of nitrogens with zero attached hydrogens (tertiary/aromatic N) is 3. The van der Waals surface area contributed by atoms with Crippen LogP contribution in [-0.4, -0.2) is 77.7 Å². The van der Waals surface area contributed by atoms with Gasteiger partial charge in [0.15, 0.2) is 0 Å². The van der Waals surface area contributed by atoms with Gasteiger partial charge in [0.25, 0.3) is 0 Å². The molecule has 0 rings (SSSR count). The van der Waals surface area contributed by atoms with Gasteiger partial charge in [0.1, 0.15) is 0 Å². The van der Waals surface area contributed by atoms with Crippen LogP contribution in [0.2, 0.25) is 6.04 Å². The number of aliphatic imine (C=N–C) groups is 2. The zero-order chi connectivity index (χ0) is 25.8. The molecule has 0 saturated heterocycles. The molecular weight excluding hydrogens is 442 g/mol. The lowest BCUT2D eigenvalue weighted by molar-refractivity contribution is 0.0699. The van der Waals surface area contributed by atoms with Crippen molar-refractivity contribution in [2.45, 2.75) is 100 Å². The zero-order valence-corrected chi connectivity index (χ0v) is 25.1. The average Bonchev–Trinajstić information content (AvgIpc) is 2.73. The van der Waals surface area contributed by atoms with E-state index in [9.17, 15) is 0 Å². The van der Waals surface area contributed by atoms with E-state index in [4.69, 9.17) is 23.3 Å². The van der Waals surface area contributed by atoms with Crippen molar-refractivity contribution < 1.29 is 13.3 Å². The summed E-state index contributed by atoms with van der Waals surface area (Å²) >= 11 is 0. The molecule has 0 aliphatic carbocycles. The molecule has 0 heterocycles.